The fraction of sp³-hybridized carbons (Fsp3) is 0.467. The first-order chi connectivity index (χ1) is 9.36. The lowest BCUT2D eigenvalue weighted by Crippen LogP contribution is -2.23. The summed E-state index contributed by atoms with van der Waals surface area (Å²) in [7, 11) is 0. The fourth-order valence-corrected chi connectivity index (χ4v) is 3.10. The molecule has 0 radical (unpaired) electrons. The third-order valence-electron chi connectivity index (χ3n) is 3.58. The van der Waals surface area contributed by atoms with Crippen LogP contribution < -0.4 is 5.32 Å². The maximum Gasteiger partial charge on any atom is 0.118 e. The highest BCUT2D eigenvalue weighted by atomic mass is 32.2. The molecule has 0 spiro atoms. The van der Waals surface area contributed by atoms with Crippen LogP contribution in [0, 0.1) is 0 Å². The van der Waals surface area contributed by atoms with Gasteiger partial charge in [-0.15, -0.1) is 0 Å². The Kier molecular flexibility index (Phi) is 3.99. The molecular weight excluding hydrogens is 258 g/mol. The van der Waals surface area contributed by atoms with Crippen LogP contribution in [0.3, 0.4) is 0 Å². The van der Waals surface area contributed by atoms with Crippen molar-refractivity contribution in [2.24, 2.45) is 0 Å². The minimum atomic E-state index is 0.400. The fourth-order valence-electron chi connectivity index (χ4n) is 2.66. The highest BCUT2D eigenvalue weighted by Gasteiger charge is 2.22. The summed E-state index contributed by atoms with van der Waals surface area (Å²) < 4.78 is 11.3. The van der Waals surface area contributed by atoms with Gasteiger partial charge < -0.3 is 14.2 Å². The molecule has 4 heteroatoms. The Morgan fingerprint density at radius 2 is 2.21 bits per heavy atom. The van der Waals surface area contributed by atoms with Gasteiger partial charge in [-0.25, -0.2) is 0 Å². The van der Waals surface area contributed by atoms with Gasteiger partial charge in [-0.3, -0.25) is 0 Å². The van der Waals surface area contributed by atoms with E-state index in [2.05, 4.69) is 29.8 Å². The molecule has 3 rings (SSSR count). The van der Waals surface area contributed by atoms with Crippen molar-refractivity contribution in [1.29, 1.82) is 0 Å². The first-order valence-corrected chi connectivity index (χ1v) is 8.12. The molecule has 0 amide bonds. The summed E-state index contributed by atoms with van der Waals surface area (Å²) in [6.07, 6.45) is 7.31. The quantitative estimate of drug-likeness (QED) is 0.899. The van der Waals surface area contributed by atoms with Crippen molar-refractivity contribution >= 4 is 11.8 Å². The molecule has 0 aliphatic heterocycles. The highest BCUT2D eigenvalue weighted by Crippen LogP contribution is 2.30. The van der Waals surface area contributed by atoms with Gasteiger partial charge in [0, 0.05) is 18.0 Å². The van der Waals surface area contributed by atoms with Crippen LogP contribution in [0.4, 0.5) is 0 Å². The molecule has 102 valence electrons. The SMILES string of the molecule is CSCc1ccc(CNC2CCCc3occc32)o1. The number of furan rings is 2. The second-order valence-corrected chi connectivity index (χ2v) is 5.79. The van der Waals surface area contributed by atoms with Crippen LogP contribution in [0.15, 0.2) is 33.3 Å². The van der Waals surface area contributed by atoms with Gasteiger partial charge in [0.2, 0.25) is 0 Å². The lowest BCUT2D eigenvalue weighted by atomic mass is 9.93. The Morgan fingerprint density at radius 1 is 1.32 bits per heavy atom. The van der Waals surface area contributed by atoms with Crippen LogP contribution in [0.1, 0.15) is 41.7 Å². The third kappa shape index (κ3) is 2.90. The van der Waals surface area contributed by atoms with Gasteiger partial charge in [0.25, 0.3) is 0 Å². The van der Waals surface area contributed by atoms with Crippen LogP contribution in [0.2, 0.25) is 0 Å². The lowest BCUT2D eigenvalue weighted by molar-refractivity contribution is 0.387. The summed E-state index contributed by atoms with van der Waals surface area (Å²) in [5.74, 6) is 4.15. The Labute approximate surface area is 117 Å². The zero-order valence-electron chi connectivity index (χ0n) is 11.1. The molecule has 19 heavy (non-hydrogen) atoms. The normalized spacial score (nSPS) is 18.5. The van der Waals surface area contributed by atoms with E-state index in [1.165, 1.54) is 18.4 Å². The molecule has 0 saturated heterocycles. The maximum absolute atomic E-state index is 5.78. The number of thioether (sulfide) groups is 1. The molecule has 2 aromatic rings. The minimum absolute atomic E-state index is 0.400. The van der Waals surface area contributed by atoms with E-state index in [9.17, 15) is 0 Å². The zero-order valence-corrected chi connectivity index (χ0v) is 12.0. The van der Waals surface area contributed by atoms with Gasteiger partial charge in [-0.05, 0) is 37.3 Å². The Morgan fingerprint density at radius 3 is 3.11 bits per heavy atom. The van der Waals surface area contributed by atoms with Gasteiger partial charge in [-0.1, -0.05) is 0 Å². The van der Waals surface area contributed by atoms with E-state index in [0.29, 0.717) is 6.04 Å². The average molecular weight is 277 g/mol. The molecule has 1 aliphatic carbocycles. The summed E-state index contributed by atoms with van der Waals surface area (Å²) >= 11 is 1.78. The first-order valence-electron chi connectivity index (χ1n) is 6.73. The Bertz CT molecular complexity index is 532. The van der Waals surface area contributed by atoms with E-state index >= 15 is 0 Å². The summed E-state index contributed by atoms with van der Waals surface area (Å²) in [6, 6.07) is 6.62. The van der Waals surface area contributed by atoms with E-state index in [4.69, 9.17) is 8.83 Å². The second-order valence-electron chi connectivity index (χ2n) is 4.93. The summed E-state index contributed by atoms with van der Waals surface area (Å²) in [5.41, 5.74) is 1.32. The summed E-state index contributed by atoms with van der Waals surface area (Å²) in [6.45, 7) is 0.781. The predicted molar refractivity (Wildman–Crippen MR) is 77.2 cm³/mol. The lowest BCUT2D eigenvalue weighted by Gasteiger charge is -2.22. The van der Waals surface area contributed by atoms with Crippen LogP contribution >= 0.6 is 11.8 Å². The van der Waals surface area contributed by atoms with Crippen molar-refractivity contribution in [2.75, 3.05) is 6.26 Å². The van der Waals surface area contributed by atoms with Gasteiger partial charge >= 0.3 is 0 Å². The van der Waals surface area contributed by atoms with Crippen LogP contribution in [-0.4, -0.2) is 6.26 Å². The van der Waals surface area contributed by atoms with E-state index < -0.39 is 0 Å². The molecule has 0 saturated carbocycles. The van der Waals surface area contributed by atoms with E-state index in [-0.39, 0.29) is 0 Å². The van der Waals surface area contributed by atoms with Crippen LogP contribution in [-0.2, 0) is 18.7 Å². The maximum atomic E-state index is 5.78. The Balaban J connectivity index is 1.61. The average Bonchev–Trinajstić information content (AvgIpc) is 3.05. The van der Waals surface area contributed by atoms with E-state index in [1.807, 2.05) is 0 Å². The molecule has 0 fully saturated rings. The summed E-state index contributed by atoms with van der Waals surface area (Å²) in [5, 5.41) is 3.58. The van der Waals surface area contributed by atoms with Gasteiger partial charge in [0.1, 0.15) is 17.3 Å². The summed E-state index contributed by atoms with van der Waals surface area (Å²) in [4.78, 5) is 0. The van der Waals surface area contributed by atoms with Gasteiger partial charge in [0.15, 0.2) is 0 Å². The molecule has 1 atom stereocenters. The predicted octanol–water partition coefficient (Wildman–Crippen LogP) is 3.90. The molecule has 3 nitrogen and oxygen atoms in total. The van der Waals surface area contributed by atoms with E-state index in [0.717, 1.165) is 36.0 Å². The van der Waals surface area contributed by atoms with Crippen molar-refractivity contribution in [2.45, 2.75) is 37.6 Å². The molecule has 2 heterocycles. The van der Waals surface area contributed by atoms with Crippen LogP contribution in [0.25, 0.3) is 0 Å². The molecule has 1 unspecified atom stereocenters. The largest absolute Gasteiger partial charge is 0.469 e. The standard InChI is InChI=1S/C15H19NO2S/c1-19-10-12-6-5-11(18-12)9-16-14-3-2-4-15-13(14)7-8-17-15/h5-8,14,16H,2-4,9-10H2,1H3. The topological polar surface area (TPSA) is 38.3 Å². The molecular formula is C15H19NO2S. The van der Waals surface area contributed by atoms with Crippen molar-refractivity contribution in [3.63, 3.8) is 0 Å². The van der Waals surface area contributed by atoms with Crippen molar-refractivity contribution in [3.05, 3.63) is 47.3 Å². The van der Waals surface area contributed by atoms with E-state index in [1.54, 1.807) is 18.0 Å². The van der Waals surface area contributed by atoms with Crippen molar-refractivity contribution in [1.82, 2.24) is 5.32 Å². The van der Waals surface area contributed by atoms with Gasteiger partial charge in [-0.2, -0.15) is 11.8 Å². The van der Waals surface area contributed by atoms with Crippen molar-refractivity contribution < 1.29 is 8.83 Å². The molecule has 0 aromatic carbocycles. The number of hydrogen-bond donors (Lipinski definition) is 1. The smallest absolute Gasteiger partial charge is 0.118 e. The number of nitrogens with one attached hydrogen (secondary N) is 1. The monoisotopic (exact) mass is 277 g/mol. The van der Waals surface area contributed by atoms with Gasteiger partial charge in [0.05, 0.1) is 18.6 Å². The van der Waals surface area contributed by atoms with Crippen molar-refractivity contribution in [3.8, 4) is 0 Å². The third-order valence-corrected chi connectivity index (χ3v) is 4.15. The highest BCUT2D eigenvalue weighted by molar-refractivity contribution is 7.97. The first kappa shape index (κ1) is 12.9. The molecule has 2 aromatic heterocycles. The molecule has 0 bridgehead atoms. The number of aryl methyl sites for hydroxylation is 1. The number of hydrogen-bond acceptors (Lipinski definition) is 4. The molecule has 1 aliphatic rings. The number of fused-ring (bicyclic) bond motifs is 1. The zero-order chi connectivity index (χ0) is 13.1. The van der Waals surface area contributed by atoms with Crippen LogP contribution in [0.5, 0.6) is 0 Å². The molecule has 1 N–H and O–H groups in total. The minimum Gasteiger partial charge on any atom is -0.469 e. The Hall–Kier alpha value is -1.13. The second kappa shape index (κ2) is 5.88. The number of rotatable bonds is 5.